The fraction of sp³-hybridized carbons (Fsp3) is 0.385. The average molecular weight is 233 g/mol. The van der Waals surface area contributed by atoms with Crippen molar-refractivity contribution in [3.8, 4) is 6.07 Å². The number of nitrogens with zero attached hydrogens (tertiary/aromatic N) is 2. The number of hydrogen-bond acceptors (Lipinski definition) is 2. The smallest absolute Gasteiger partial charge is 0.0700 e. The van der Waals surface area contributed by atoms with Gasteiger partial charge in [0.1, 0.15) is 0 Å². The predicted molar refractivity (Wildman–Crippen MR) is 66.2 cm³/mol. The summed E-state index contributed by atoms with van der Waals surface area (Å²) >= 11 is 6.24. The second kappa shape index (κ2) is 4.67. The van der Waals surface area contributed by atoms with Crippen molar-refractivity contribution >= 4 is 17.8 Å². The van der Waals surface area contributed by atoms with Crippen LogP contribution in [0.5, 0.6) is 0 Å². The molecule has 0 saturated carbocycles. The Balaban J connectivity index is 2.30. The molecule has 1 heterocycles. The van der Waals surface area contributed by atoms with Gasteiger partial charge in [-0.05, 0) is 30.5 Å². The van der Waals surface area contributed by atoms with Gasteiger partial charge in [0.2, 0.25) is 0 Å². The van der Waals surface area contributed by atoms with Gasteiger partial charge in [0, 0.05) is 23.7 Å². The molecule has 0 aromatic heterocycles. The van der Waals surface area contributed by atoms with Crippen LogP contribution in [0.3, 0.4) is 0 Å². The molecule has 0 N–H and O–H groups in total. The van der Waals surface area contributed by atoms with Gasteiger partial charge in [-0.1, -0.05) is 23.7 Å². The molecule has 1 aromatic rings. The third kappa shape index (κ3) is 2.10. The molecule has 3 heteroatoms. The predicted octanol–water partition coefficient (Wildman–Crippen LogP) is 3.53. The summed E-state index contributed by atoms with van der Waals surface area (Å²) in [6.07, 6.45) is 3.00. The van der Waals surface area contributed by atoms with Crippen LogP contribution in [0.15, 0.2) is 23.2 Å². The zero-order valence-corrected chi connectivity index (χ0v) is 9.91. The van der Waals surface area contributed by atoms with Crippen molar-refractivity contribution in [1.29, 1.82) is 5.26 Å². The molecule has 1 aliphatic rings. The van der Waals surface area contributed by atoms with Gasteiger partial charge in [0.05, 0.1) is 12.0 Å². The highest BCUT2D eigenvalue weighted by molar-refractivity contribution is 6.31. The molecule has 0 bridgehead atoms. The number of rotatable bonds is 2. The topological polar surface area (TPSA) is 36.1 Å². The minimum atomic E-state index is -0.108. The Morgan fingerprint density at radius 1 is 1.56 bits per heavy atom. The highest BCUT2D eigenvalue weighted by atomic mass is 35.5. The molecular weight excluding hydrogens is 220 g/mol. The lowest BCUT2D eigenvalue weighted by Gasteiger charge is -2.11. The summed E-state index contributed by atoms with van der Waals surface area (Å²) in [7, 11) is 0. The van der Waals surface area contributed by atoms with Gasteiger partial charge >= 0.3 is 0 Å². The Hall–Kier alpha value is -1.33. The van der Waals surface area contributed by atoms with E-state index in [1.807, 2.05) is 31.3 Å². The van der Waals surface area contributed by atoms with Crippen LogP contribution >= 0.6 is 11.6 Å². The number of aliphatic imine (C=N–C) groups is 1. The fourth-order valence-corrected chi connectivity index (χ4v) is 2.24. The van der Waals surface area contributed by atoms with Gasteiger partial charge in [0.25, 0.3) is 0 Å². The summed E-state index contributed by atoms with van der Waals surface area (Å²) in [6, 6.07) is 8.12. The van der Waals surface area contributed by atoms with E-state index in [1.54, 1.807) is 0 Å². The summed E-state index contributed by atoms with van der Waals surface area (Å²) in [6.45, 7) is 2.76. The van der Waals surface area contributed by atoms with E-state index in [9.17, 15) is 0 Å². The molecule has 0 spiro atoms. The number of halogens is 1. The standard InChI is InChI=1S/C13H13ClN2/c1-9(7-15)10-2-3-12(13(14)6-10)11-4-5-16-8-11/h2-3,6,8-9,11H,4-5H2,1H3. The number of hydrogen-bond donors (Lipinski definition) is 0. The molecule has 2 rings (SSSR count). The van der Waals surface area contributed by atoms with Crippen molar-refractivity contribution in [2.24, 2.45) is 4.99 Å². The lowest BCUT2D eigenvalue weighted by Crippen LogP contribution is -1.99. The van der Waals surface area contributed by atoms with E-state index in [1.165, 1.54) is 0 Å². The average Bonchev–Trinajstić information content (AvgIpc) is 2.81. The Kier molecular flexibility index (Phi) is 3.26. The normalized spacial score (nSPS) is 20.7. The zero-order valence-electron chi connectivity index (χ0n) is 9.15. The quantitative estimate of drug-likeness (QED) is 0.769. The molecule has 82 valence electrons. The summed E-state index contributed by atoms with van der Waals surface area (Å²) in [5.74, 6) is 0.239. The SMILES string of the molecule is CC(C#N)c1ccc(C2C=NCC2)c(Cl)c1. The second-order valence-electron chi connectivity index (χ2n) is 4.08. The minimum absolute atomic E-state index is 0.108. The van der Waals surface area contributed by atoms with Crippen molar-refractivity contribution in [2.75, 3.05) is 6.54 Å². The number of nitriles is 1. The molecule has 2 unspecified atom stereocenters. The molecule has 0 radical (unpaired) electrons. The summed E-state index contributed by atoms with van der Waals surface area (Å²) in [5.41, 5.74) is 2.10. The highest BCUT2D eigenvalue weighted by Gasteiger charge is 2.17. The van der Waals surface area contributed by atoms with Crippen molar-refractivity contribution in [3.05, 3.63) is 34.3 Å². The monoisotopic (exact) mass is 232 g/mol. The first kappa shape index (κ1) is 11.2. The van der Waals surface area contributed by atoms with E-state index < -0.39 is 0 Å². The van der Waals surface area contributed by atoms with Gasteiger partial charge in [-0.3, -0.25) is 4.99 Å². The van der Waals surface area contributed by atoms with Crippen LogP contribution in [0.2, 0.25) is 5.02 Å². The maximum absolute atomic E-state index is 8.85. The molecule has 0 aliphatic carbocycles. The van der Waals surface area contributed by atoms with E-state index in [4.69, 9.17) is 16.9 Å². The molecule has 1 aromatic carbocycles. The molecule has 0 saturated heterocycles. The maximum atomic E-state index is 8.85. The van der Waals surface area contributed by atoms with Gasteiger partial charge in [-0.15, -0.1) is 0 Å². The van der Waals surface area contributed by atoms with Crippen LogP contribution in [-0.2, 0) is 0 Å². The Bertz CT molecular complexity index is 459. The van der Waals surface area contributed by atoms with Gasteiger partial charge in [-0.2, -0.15) is 5.26 Å². The zero-order chi connectivity index (χ0) is 11.5. The number of benzene rings is 1. The molecule has 16 heavy (non-hydrogen) atoms. The van der Waals surface area contributed by atoms with E-state index in [2.05, 4.69) is 11.1 Å². The molecule has 2 atom stereocenters. The molecule has 1 aliphatic heterocycles. The Morgan fingerprint density at radius 3 is 2.94 bits per heavy atom. The summed E-state index contributed by atoms with van der Waals surface area (Å²) in [5, 5.41) is 9.59. The van der Waals surface area contributed by atoms with Crippen LogP contribution < -0.4 is 0 Å². The molecule has 0 fully saturated rings. The van der Waals surface area contributed by atoms with Crippen molar-refractivity contribution in [3.63, 3.8) is 0 Å². The first-order valence-electron chi connectivity index (χ1n) is 5.41. The first-order chi connectivity index (χ1) is 7.72. The van der Waals surface area contributed by atoms with Crippen LogP contribution in [-0.4, -0.2) is 12.8 Å². The molecule has 2 nitrogen and oxygen atoms in total. The third-order valence-corrected chi connectivity index (χ3v) is 3.30. The largest absolute Gasteiger partial charge is 0.297 e. The summed E-state index contributed by atoms with van der Waals surface area (Å²) in [4.78, 5) is 4.22. The fourth-order valence-electron chi connectivity index (χ4n) is 1.91. The summed E-state index contributed by atoms with van der Waals surface area (Å²) < 4.78 is 0. The van der Waals surface area contributed by atoms with Crippen LogP contribution in [0.25, 0.3) is 0 Å². The van der Waals surface area contributed by atoms with Crippen molar-refractivity contribution < 1.29 is 0 Å². The van der Waals surface area contributed by atoms with Crippen molar-refractivity contribution in [2.45, 2.75) is 25.2 Å². The van der Waals surface area contributed by atoms with Crippen LogP contribution in [0.1, 0.15) is 36.3 Å². The van der Waals surface area contributed by atoms with Crippen LogP contribution in [0, 0.1) is 11.3 Å². The van der Waals surface area contributed by atoms with Gasteiger partial charge in [0.15, 0.2) is 0 Å². The minimum Gasteiger partial charge on any atom is -0.297 e. The molecular formula is C13H13ClN2. The Morgan fingerprint density at radius 2 is 2.38 bits per heavy atom. The highest BCUT2D eigenvalue weighted by Crippen LogP contribution is 2.30. The first-order valence-corrected chi connectivity index (χ1v) is 5.79. The Labute approximate surface area is 101 Å². The van der Waals surface area contributed by atoms with Crippen LogP contribution in [0.4, 0.5) is 0 Å². The lowest BCUT2D eigenvalue weighted by molar-refractivity contribution is 0.845. The van der Waals surface area contributed by atoms with E-state index in [0.717, 1.165) is 29.1 Å². The third-order valence-electron chi connectivity index (χ3n) is 2.97. The van der Waals surface area contributed by atoms with E-state index in [0.29, 0.717) is 5.92 Å². The van der Waals surface area contributed by atoms with Gasteiger partial charge in [-0.25, -0.2) is 0 Å². The maximum Gasteiger partial charge on any atom is 0.0700 e. The second-order valence-corrected chi connectivity index (χ2v) is 4.49. The van der Waals surface area contributed by atoms with E-state index in [-0.39, 0.29) is 5.92 Å². The van der Waals surface area contributed by atoms with E-state index >= 15 is 0 Å². The lowest BCUT2D eigenvalue weighted by atomic mass is 9.94. The van der Waals surface area contributed by atoms with Gasteiger partial charge < -0.3 is 0 Å². The molecule has 0 amide bonds. The van der Waals surface area contributed by atoms with Crippen molar-refractivity contribution in [1.82, 2.24) is 0 Å².